The molecule has 1 aromatic rings. The predicted molar refractivity (Wildman–Crippen MR) is 290 cm³/mol. The van der Waals surface area contributed by atoms with Gasteiger partial charge in [-0.3, -0.25) is 48.1 Å². The lowest BCUT2D eigenvalue weighted by molar-refractivity contribution is -0.149. The third-order valence-corrected chi connectivity index (χ3v) is 15.2. The van der Waals surface area contributed by atoms with Gasteiger partial charge >= 0.3 is 12.1 Å². The highest BCUT2D eigenvalue weighted by Crippen LogP contribution is 2.27. The molecule has 3 saturated heterocycles. The summed E-state index contributed by atoms with van der Waals surface area (Å²) in [5.41, 5.74) is 5.12. The first-order valence-electron chi connectivity index (χ1n) is 28.1. The number of hydrogen-bond donors (Lipinski definition) is 15. The van der Waals surface area contributed by atoms with Gasteiger partial charge in [-0.25, -0.2) is 4.79 Å². The highest BCUT2D eigenvalue weighted by Gasteiger charge is 2.49. The van der Waals surface area contributed by atoms with Gasteiger partial charge in [-0.05, 0) is 55.7 Å². The Morgan fingerprint density at radius 2 is 1.35 bits per heavy atom. The van der Waals surface area contributed by atoms with Crippen LogP contribution in [0, 0.1) is 11.8 Å². The molecule has 2 unspecified atom stereocenters. The van der Waals surface area contributed by atoms with Gasteiger partial charge in [-0.2, -0.15) is 0 Å². The fourth-order valence-electron chi connectivity index (χ4n) is 10.3. The molecule has 4 rings (SSSR count). The smallest absolute Gasteiger partial charge is 0.415 e. The minimum absolute atomic E-state index is 0.103. The molecule has 29 nitrogen and oxygen atoms in total. The van der Waals surface area contributed by atoms with Crippen molar-refractivity contribution in [2.24, 2.45) is 17.6 Å². The van der Waals surface area contributed by atoms with E-state index in [1.807, 2.05) is 5.32 Å². The normalized spacial score (nSPS) is 27.2. The molecule has 3 aliphatic heterocycles. The number of hydrogen-bond acceptors (Lipinski definition) is 19. The molecule has 0 aliphatic carbocycles. The summed E-state index contributed by atoms with van der Waals surface area (Å²) in [7, 11) is 1.14. The Balaban J connectivity index is 1.71. The minimum Gasteiger partial charge on any atom is -0.480 e. The number of unbranched alkanes of at least 4 members (excludes halogenated alkanes) is 5. The number of aliphatic carboxylic acids is 1. The summed E-state index contributed by atoms with van der Waals surface area (Å²) in [6.45, 7) is 5.90. The van der Waals surface area contributed by atoms with E-state index in [1.54, 1.807) is 0 Å². The summed E-state index contributed by atoms with van der Waals surface area (Å²) in [5.74, 6) is -10.2. The van der Waals surface area contributed by atoms with Crippen molar-refractivity contribution in [1.29, 1.82) is 0 Å². The highest BCUT2D eigenvalue weighted by molar-refractivity contribution is 5.98. The number of carbonyl (C=O) groups is 10. The maximum atomic E-state index is 14.6. The Labute approximate surface area is 480 Å². The topological polar surface area (TPSA) is 458 Å². The molecular formula is C54H85N9O20. The largest absolute Gasteiger partial charge is 0.480 e. The second-order valence-electron chi connectivity index (χ2n) is 22.2. The summed E-state index contributed by atoms with van der Waals surface area (Å²) in [4.78, 5) is 137. The van der Waals surface area contributed by atoms with Gasteiger partial charge in [-0.15, -0.1) is 0 Å². The lowest BCUT2D eigenvalue weighted by Crippen LogP contribution is -2.64. The van der Waals surface area contributed by atoms with Crippen LogP contribution in [0.2, 0.25) is 0 Å². The van der Waals surface area contributed by atoms with Gasteiger partial charge in [0, 0.05) is 39.4 Å². The van der Waals surface area contributed by atoms with Crippen molar-refractivity contribution in [3.63, 3.8) is 0 Å². The molecule has 0 aromatic heterocycles. The van der Waals surface area contributed by atoms with Crippen LogP contribution < -0.4 is 37.1 Å². The zero-order valence-electron chi connectivity index (χ0n) is 47.5. The number of likely N-dealkylation sites (N-methyl/N-ethyl adjacent to an activating group) is 1. The van der Waals surface area contributed by atoms with E-state index in [9.17, 15) is 88.8 Å². The van der Waals surface area contributed by atoms with E-state index in [4.69, 9.17) is 15.6 Å². The van der Waals surface area contributed by atoms with Crippen LogP contribution in [0.5, 0.6) is 5.75 Å². The number of carboxylic acid groups (broad SMARTS) is 1. The van der Waals surface area contributed by atoms with Crippen molar-refractivity contribution in [1.82, 2.24) is 41.3 Å². The average Bonchev–Trinajstić information content (AvgIpc) is 4.28. The first-order valence-corrected chi connectivity index (χ1v) is 28.1. The fourth-order valence-corrected chi connectivity index (χ4v) is 10.3. The van der Waals surface area contributed by atoms with Crippen LogP contribution in [0.1, 0.15) is 129 Å². The number of aliphatic hydroxyl groups excluding tert-OH is 8. The quantitative estimate of drug-likeness (QED) is 0.0472. The number of rotatable bonds is 23. The van der Waals surface area contributed by atoms with E-state index in [-0.39, 0.29) is 24.2 Å². The molecule has 83 heavy (non-hydrogen) atoms. The third kappa shape index (κ3) is 20.3. The highest BCUT2D eigenvalue weighted by atomic mass is 16.6. The number of benzene rings is 1. The third-order valence-electron chi connectivity index (χ3n) is 15.2. The first kappa shape index (κ1) is 68.9. The van der Waals surface area contributed by atoms with E-state index >= 15 is 0 Å². The summed E-state index contributed by atoms with van der Waals surface area (Å²) >= 11 is 0. The zero-order valence-corrected chi connectivity index (χ0v) is 47.5. The van der Waals surface area contributed by atoms with Gasteiger partial charge in [0.1, 0.15) is 66.9 Å². The second kappa shape index (κ2) is 32.5. The lowest BCUT2D eigenvalue weighted by Gasteiger charge is -2.34. The maximum Gasteiger partial charge on any atom is 0.415 e. The van der Waals surface area contributed by atoms with Crippen molar-refractivity contribution in [2.75, 3.05) is 26.7 Å². The standard InChI is InChI=1S/C54H85N9O20/c1-6-27(2)21-28(3)13-11-9-7-8-10-12-14-39(70)56-33-23-37(68)49(77)60-51(79)44-35(66)19-20-62(44)53(81)42(36(67)24-38(55)69)58-50(78)43(46(74)45(73)30-15-17-32(18-16-30)83-54(82)61(5)26-40(71)72)59-48(76)34-22-31(65)25-63(34)52(80)41(29(4)64)57-47(33)75/h15-18,27-29,31,33-37,41-46,49,64-68,73-74,77H,6-14,19-26H2,1-5H3,(H2,55,69)(H,56,70)(H,57,75)(H,58,78)(H,59,76)(H,60,79)(H,71,72)/t27?,28?,29-,31+,33-,34-,35-,36-,37+,41-,42-,43-,44-,45-,46-,49+/m0/s1. The van der Waals surface area contributed by atoms with E-state index in [1.165, 1.54) is 6.42 Å². The SMILES string of the molecule is CCC(C)CC(C)CCCCCCCCC(=O)N[C@H]1C[C@@H](O)[C@@H](O)NC(=O)[C@@H]2[C@@H](O)CCN2C(=O)[C@H]([C@@H](O)CC(N)=O)NC(=O)[C@H]([C@H](O)[C@@H](O)c2ccc(OC(=O)N(C)CC(=O)O)cc2)NC(=O)[C@@H]2C[C@@H](O)CN2C(=O)[C@H]([C@H](C)O)NC1=O. The van der Waals surface area contributed by atoms with Gasteiger partial charge in [0.15, 0.2) is 6.23 Å². The average molecular weight is 1180 g/mol. The molecule has 466 valence electrons. The monoisotopic (exact) mass is 1180 g/mol. The molecule has 16 atom stereocenters. The molecule has 0 bridgehead atoms. The van der Waals surface area contributed by atoms with E-state index in [0.29, 0.717) is 29.6 Å². The van der Waals surface area contributed by atoms with Crippen LogP contribution in [-0.4, -0.2) is 226 Å². The number of nitrogens with one attached hydrogen (secondary N) is 5. The van der Waals surface area contributed by atoms with Crippen molar-refractivity contribution in [3.05, 3.63) is 29.8 Å². The van der Waals surface area contributed by atoms with Crippen LogP contribution in [-0.2, 0) is 43.2 Å². The molecule has 0 radical (unpaired) electrons. The molecule has 9 amide bonds. The molecule has 29 heteroatoms. The van der Waals surface area contributed by atoms with Crippen molar-refractivity contribution >= 4 is 59.3 Å². The minimum atomic E-state index is -2.48. The van der Waals surface area contributed by atoms with E-state index in [2.05, 4.69) is 42.0 Å². The van der Waals surface area contributed by atoms with Gasteiger partial charge in [0.2, 0.25) is 47.3 Å². The number of ether oxygens (including phenoxy) is 1. The van der Waals surface area contributed by atoms with Crippen molar-refractivity contribution in [3.8, 4) is 5.75 Å². The number of nitrogens with two attached hydrogens (primary N) is 1. The fraction of sp³-hybridized carbons (Fsp3) is 0.704. The summed E-state index contributed by atoms with van der Waals surface area (Å²) < 4.78 is 5.13. The van der Waals surface area contributed by atoms with Crippen LogP contribution in [0.3, 0.4) is 0 Å². The molecular weight excluding hydrogens is 1090 g/mol. The lowest BCUT2D eigenvalue weighted by atomic mass is 9.91. The molecule has 3 fully saturated rings. The molecule has 0 saturated carbocycles. The Bertz CT molecular complexity index is 2400. The number of carbonyl (C=O) groups excluding carboxylic acids is 9. The summed E-state index contributed by atoms with van der Waals surface area (Å²) in [6.07, 6.45) is -12.1. The summed E-state index contributed by atoms with van der Waals surface area (Å²) in [5, 5.41) is 110. The second-order valence-corrected chi connectivity index (χ2v) is 22.2. The van der Waals surface area contributed by atoms with Crippen molar-refractivity contribution in [2.45, 2.75) is 203 Å². The Morgan fingerprint density at radius 3 is 1.96 bits per heavy atom. The van der Waals surface area contributed by atoms with Crippen LogP contribution in [0.15, 0.2) is 24.3 Å². The van der Waals surface area contributed by atoms with Gasteiger partial charge in [0.05, 0.1) is 30.8 Å². The predicted octanol–water partition coefficient (Wildman–Crippen LogP) is -3.53. The molecule has 3 aliphatic rings. The number of nitrogens with zero attached hydrogens (tertiary/aromatic N) is 3. The number of primary amides is 1. The molecule has 0 spiro atoms. The Hall–Kier alpha value is -6.60. The van der Waals surface area contributed by atoms with E-state index in [0.717, 1.165) is 86.6 Å². The molecule has 3 heterocycles. The van der Waals surface area contributed by atoms with Crippen LogP contribution in [0.25, 0.3) is 0 Å². The first-order chi connectivity index (χ1) is 39.0. The Kier molecular flexibility index (Phi) is 26.9. The van der Waals surface area contributed by atoms with Crippen LogP contribution >= 0.6 is 0 Å². The summed E-state index contributed by atoms with van der Waals surface area (Å²) in [6, 6.07) is -7.90. The maximum absolute atomic E-state index is 14.6. The molecule has 1 aromatic carbocycles. The number of carboxylic acids is 1. The number of amides is 9. The van der Waals surface area contributed by atoms with Crippen molar-refractivity contribution < 1.29 is 98.6 Å². The van der Waals surface area contributed by atoms with Crippen LogP contribution in [0.4, 0.5) is 4.79 Å². The molecule has 16 N–H and O–H groups in total. The zero-order chi connectivity index (χ0) is 62.0. The van der Waals surface area contributed by atoms with Gasteiger partial charge in [0.25, 0.3) is 0 Å². The Morgan fingerprint density at radius 1 is 0.747 bits per heavy atom. The number of aliphatic hydroxyl groups is 8. The number of fused-ring (bicyclic) bond motifs is 2. The van der Waals surface area contributed by atoms with Gasteiger partial charge in [-0.1, -0.05) is 77.8 Å². The van der Waals surface area contributed by atoms with Gasteiger partial charge < -0.3 is 92.8 Å². The van der Waals surface area contributed by atoms with E-state index < -0.39 is 183 Å².